The Morgan fingerprint density at radius 2 is 2.11 bits per heavy atom. The molecule has 1 heterocycles. The smallest absolute Gasteiger partial charge is 0.161 e. The Morgan fingerprint density at radius 3 is 2.89 bits per heavy atom. The van der Waals surface area contributed by atoms with Gasteiger partial charge in [0.25, 0.3) is 0 Å². The van der Waals surface area contributed by atoms with Gasteiger partial charge in [0.05, 0.1) is 25.2 Å². The van der Waals surface area contributed by atoms with Crippen LogP contribution in [0.25, 0.3) is 0 Å². The number of hydrogen-bond acceptors (Lipinski definition) is 4. The lowest BCUT2D eigenvalue weighted by Gasteiger charge is -2.10. The van der Waals surface area contributed by atoms with Gasteiger partial charge in [-0.3, -0.25) is 0 Å². The molecule has 1 unspecified atom stereocenters. The third kappa shape index (κ3) is 3.38. The minimum absolute atomic E-state index is 0.0328. The first-order chi connectivity index (χ1) is 8.79. The monoisotopic (exact) mass is 246 g/mol. The van der Waals surface area contributed by atoms with Crippen molar-refractivity contribution < 1.29 is 9.47 Å². The fourth-order valence-corrected chi connectivity index (χ4v) is 1.80. The van der Waals surface area contributed by atoms with Crippen LogP contribution < -0.4 is 14.8 Å². The van der Waals surface area contributed by atoms with E-state index in [-0.39, 0.29) is 5.92 Å². The average Bonchev–Trinajstić information content (AvgIpc) is 2.63. The van der Waals surface area contributed by atoms with E-state index in [0.717, 1.165) is 30.0 Å². The number of fused-ring (bicyclic) bond motifs is 1. The molecule has 0 radical (unpaired) electrons. The van der Waals surface area contributed by atoms with Crippen LogP contribution in [0.5, 0.6) is 11.5 Å². The fraction of sp³-hybridized carbons (Fsp3) is 0.500. The summed E-state index contributed by atoms with van der Waals surface area (Å²) in [4.78, 5) is 0. The molecule has 4 heteroatoms. The van der Waals surface area contributed by atoms with E-state index in [1.807, 2.05) is 25.1 Å². The van der Waals surface area contributed by atoms with Crippen molar-refractivity contribution in [2.75, 3.05) is 19.8 Å². The van der Waals surface area contributed by atoms with Gasteiger partial charge >= 0.3 is 0 Å². The van der Waals surface area contributed by atoms with Crippen molar-refractivity contribution in [1.82, 2.24) is 5.32 Å². The van der Waals surface area contributed by atoms with Crippen molar-refractivity contribution >= 4 is 0 Å². The number of nitrogens with zero attached hydrogens (tertiary/aromatic N) is 1. The molecule has 1 atom stereocenters. The van der Waals surface area contributed by atoms with Crippen LogP contribution in [-0.4, -0.2) is 19.8 Å². The molecule has 1 aliphatic heterocycles. The molecule has 4 nitrogen and oxygen atoms in total. The highest BCUT2D eigenvalue weighted by Gasteiger charge is 2.10. The molecule has 0 saturated heterocycles. The summed E-state index contributed by atoms with van der Waals surface area (Å²) < 4.78 is 11.2. The summed E-state index contributed by atoms with van der Waals surface area (Å²) in [5.41, 5.74) is 1.14. The van der Waals surface area contributed by atoms with Gasteiger partial charge in [-0.25, -0.2) is 0 Å². The van der Waals surface area contributed by atoms with Crippen LogP contribution in [0, 0.1) is 17.2 Å². The summed E-state index contributed by atoms with van der Waals surface area (Å²) in [7, 11) is 0. The number of ether oxygens (including phenoxy) is 2. The van der Waals surface area contributed by atoms with Gasteiger partial charge in [-0.2, -0.15) is 5.26 Å². The second kappa shape index (κ2) is 6.27. The van der Waals surface area contributed by atoms with E-state index in [9.17, 15) is 0 Å². The van der Waals surface area contributed by atoms with Crippen molar-refractivity contribution in [1.29, 1.82) is 5.26 Å². The van der Waals surface area contributed by atoms with E-state index in [0.29, 0.717) is 19.8 Å². The lowest BCUT2D eigenvalue weighted by molar-refractivity contribution is 0.297. The second-order valence-corrected chi connectivity index (χ2v) is 4.49. The molecule has 0 saturated carbocycles. The largest absolute Gasteiger partial charge is 0.490 e. The van der Waals surface area contributed by atoms with Gasteiger partial charge in [0.15, 0.2) is 11.5 Å². The molecular weight excluding hydrogens is 228 g/mol. The van der Waals surface area contributed by atoms with E-state index >= 15 is 0 Å². The lowest BCUT2D eigenvalue weighted by atomic mass is 10.1. The second-order valence-electron chi connectivity index (χ2n) is 4.49. The highest BCUT2D eigenvalue weighted by molar-refractivity contribution is 5.43. The van der Waals surface area contributed by atoms with Gasteiger partial charge in [-0.1, -0.05) is 6.07 Å². The summed E-state index contributed by atoms with van der Waals surface area (Å²) in [5, 5.41) is 12.0. The number of benzene rings is 1. The Morgan fingerprint density at radius 1 is 1.33 bits per heavy atom. The molecule has 1 aromatic rings. The molecule has 0 bridgehead atoms. The molecule has 0 aliphatic carbocycles. The first-order valence-corrected chi connectivity index (χ1v) is 6.28. The molecule has 96 valence electrons. The van der Waals surface area contributed by atoms with Gasteiger partial charge in [0, 0.05) is 19.5 Å². The number of rotatable bonds is 4. The van der Waals surface area contributed by atoms with Crippen LogP contribution in [0.3, 0.4) is 0 Å². The third-order valence-electron chi connectivity index (χ3n) is 2.81. The summed E-state index contributed by atoms with van der Waals surface area (Å²) in [6, 6.07) is 8.18. The van der Waals surface area contributed by atoms with Crippen molar-refractivity contribution in [2.45, 2.75) is 19.9 Å². The maximum Gasteiger partial charge on any atom is 0.161 e. The average molecular weight is 246 g/mol. The Labute approximate surface area is 108 Å². The molecule has 1 N–H and O–H groups in total. The van der Waals surface area contributed by atoms with Gasteiger partial charge in [-0.05, 0) is 24.6 Å². The van der Waals surface area contributed by atoms with E-state index < -0.39 is 0 Å². The van der Waals surface area contributed by atoms with E-state index in [1.165, 1.54) is 0 Å². The van der Waals surface area contributed by atoms with Gasteiger partial charge < -0.3 is 14.8 Å². The Hall–Kier alpha value is -1.73. The third-order valence-corrected chi connectivity index (χ3v) is 2.81. The topological polar surface area (TPSA) is 54.3 Å². The molecule has 0 aromatic heterocycles. The van der Waals surface area contributed by atoms with E-state index in [1.54, 1.807) is 0 Å². The van der Waals surface area contributed by atoms with Crippen LogP contribution >= 0.6 is 0 Å². The van der Waals surface area contributed by atoms with Crippen molar-refractivity contribution in [3.63, 3.8) is 0 Å². The first kappa shape index (κ1) is 12.7. The minimum Gasteiger partial charge on any atom is -0.490 e. The van der Waals surface area contributed by atoms with Gasteiger partial charge in [0.1, 0.15) is 0 Å². The molecule has 1 aliphatic rings. The predicted molar refractivity (Wildman–Crippen MR) is 68.5 cm³/mol. The Balaban J connectivity index is 1.94. The van der Waals surface area contributed by atoms with Crippen LogP contribution in [0.4, 0.5) is 0 Å². The molecule has 1 aromatic carbocycles. The Kier molecular flexibility index (Phi) is 4.43. The van der Waals surface area contributed by atoms with Crippen LogP contribution in [-0.2, 0) is 6.54 Å². The first-order valence-electron chi connectivity index (χ1n) is 6.28. The minimum atomic E-state index is 0.0328. The predicted octanol–water partition coefficient (Wildman–Crippen LogP) is 2.10. The maximum absolute atomic E-state index is 8.69. The normalized spacial score (nSPS) is 15.6. The van der Waals surface area contributed by atoms with Crippen molar-refractivity contribution in [3.8, 4) is 17.6 Å². The number of hydrogen-bond donors (Lipinski definition) is 1. The molecule has 18 heavy (non-hydrogen) atoms. The van der Waals surface area contributed by atoms with Crippen LogP contribution in [0.2, 0.25) is 0 Å². The molecular formula is C14H18N2O2. The number of nitrogens with one attached hydrogen (secondary N) is 1. The van der Waals surface area contributed by atoms with Crippen LogP contribution in [0.15, 0.2) is 18.2 Å². The zero-order valence-electron chi connectivity index (χ0n) is 10.6. The molecule has 0 spiro atoms. The molecule has 2 rings (SSSR count). The highest BCUT2D eigenvalue weighted by Crippen LogP contribution is 2.30. The standard InChI is InChI=1S/C14H18N2O2/c1-11(8-15)9-16-10-12-3-4-13-14(7-12)18-6-2-5-17-13/h3-4,7,11,16H,2,5-6,9-10H2,1H3. The Bertz CT molecular complexity index is 440. The van der Waals surface area contributed by atoms with Gasteiger partial charge in [0.2, 0.25) is 0 Å². The SMILES string of the molecule is CC(C#N)CNCc1ccc2c(c1)OCCCO2. The van der Waals surface area contributed by atoms with Gasteiger partial charge in [-0.15, -0.1) is 0 Å². The quantitative estimate of drug-likeness (QED) is 0.884. The maximum atomic E-state index is 8.69. The van der Waals surface area contributed by atoms with Crippen molar-refractivity contribution in [3.05, 3.63) is 23.8 Å². The lowest BCUT2D eigenvalue weighted by Crippen LogP contribution is -2.19. The zero-order valence-corrected chi connectivity index (χ0v) is 10.6. The summed E-state index contributed by atoms with van der Waals surface area (Å²) in [6.07, 6.45) is 0.919. The van der Waals surface area contributed by atoms with Crippen molar-refractivity contribution in [2.24, 2.45) is 5.92 Å². The number of nitriles is 1. The highest BCUT2D eigenvalue weighted by atomic mass is 16.5. The van der Waals surface area contributed by atoms with E-state index in [4.69, 9.17) is 14.7 Å². The summed E-state index contributed by atoms with van der Waals surface area (Å²) >= 11 is 0. The van der Waals surface area contributed by atoms with E-state index in [2.05, 4.69) is 11.4 Å². The zero-order chi connectivity index (χ0) is 12.8. The molecule has 0 fully saturated rings. The molecule has 0 amide bonds. The van der Waals surface area contributed by atoms with Crippen LogP contribution in [0.1, 0.15) is 18.9 Å². The fourth-order valence-electron chi connectivity index (χ4n) is 1.80. The summed E-state index contributed by atoms with van der Waals surface area (Å²) in [6.45, 7) is 4.76. The summed E-state index contributed by atoms with van der Waals surface area (Å²) in [5.74, 6) is 1.67.